The first kappa shape index (κ1) is 31.0. The molecule has 5 nitrogen and oxygen atoms in total. The highest BCUT2D eigenvalue weighted by molar-refractivity contribution is 6.24. The second-order valence-electron chi connectivity index (χ2n) is 11.9. The Bertz CT molecular complexity index is 2420. The molecule has 8 heteroatoms. The van der Waals surface area contributed by atoms with Gasteiger partial charge in [-0.15, -0.1) is 0 Å². The maximum Gasteiger partial charge on any atom is 0.416 e. The SMILES string of the molecule is COc1ccc(N(c2ccc(OC)cc2)c2ccc(-c3nc4c5ccccc5c5ccccc5c4n3-c3ccc(C(F)(F)F)cc3)cc2)cc1. The van der Waals surface area contributed by atoms with Crippen molar-refractivity contribution in [1.29, 1.82) is 0 Å². The highest BCUT2D eigenvalue weighted by Gasteiger charge is 2.30. The monoisotopic (exact) mass is 665 g/mol. The Kier molecular flexibility index (Phi) is 7.64. The smallest absolute Gasteiger partial charge is 0.416 e. The van der Waals surface area contributed by atoms with Crippen LogP contribution in [-0.4, -0.2) is 23.8 Å². The Morgan fingerprint density at radius 1 is 0.540 bits per heavy atom. The van der Waals surface area contributed by atoms with E-state index in [9.17, 15) is 13.2 Å². The number of ether oxygens (including phenoxy) is 2. The van der Waals surface area contributed by atoms with E-state index in [4.69, 9.17) is 14.5 Å². The van der Waals surface area contributed by atoms with Crippen LogP contribution in [0.25, 0.3) is 49.7 Å². The van der Waals surface area contributed by atoms with Gasteiger partial charge in [-0.05, 0) is 108 Å². The number of halogens is 3. The summed E-state index contributed by atoms with van der Waals surface area (Å²) in [6.45, 7) is 0. The minimum absolute atomic E-state index is 0.582. The summed E-state index contributed by atoms with van der Waals surface area (Å²) in [6.07, 6.45) is -4.45. The average molecular weight is 666 g/mol. The predicted octanol–water partition coefficient (Wildman–Crippen LogP) is 11.5. The van der Waals surface area contributed by atoms with Crippen molar-refractivity contribution >= 4 is 49.6 Å². The van der Waals surface area contributed by atoms with E-state index in [0.717, 1.165) is 78.8 Å². The van der Waals surface area contributed by atoms with Crippen LogP contribution in [0.15, 0.2) is 146 Å². The summed E-state index contributed by atoms with van der Waals surface area (Å²) >= 11 is 0. The summed E-state index contributed by atoms with van der Waals surface area (Å²) in [4.78, 5) is 7.36. The molecule has 1 aromatic heterocycles. The van der Waals surface area contributed by atoms with E-state index in [2.05, 4.69) is 17.0 Å². The number of methoxy groups -OCH3 is 2. The van der Waals surface area contributed by atoms with Gasteiger partial charge in [0.2, 0.25) is 0 Å². The highest BCUT2D eigenvalue weighted by atomic mass is 19.4. The van der Waals surface area contributed by atoms with Gasteiger partial charge in [0, 0.05) is 39.1 Å². The van der Waals surface area contributed by atoms with E-state index < -0.39 is 11.7 Å². The largest absolute Gasteiger partial charge is 0.497 e. The number of hydrogen-bond donors (Lipinski definition) is 0. The van der Waals surface area contributed by atoms with Gasteiger partial charge in [0.25, 0.3) is 0 Å². The van der Waals surface area contributed by atoms with E-state index in [1.165, 1.54) is 12.1 Å². The maximum atomic E-state index is 13.6. The number of benzene rings is 7. The van der Waals surface area contributed by atoms with Gasteiger partial charge in [0.05, 0.1) is 30.8 Å². The van der Waals surface area contributed by atoms with Gasteiger partial charge in [-0.2, -0.15) is 13.2 Å². The number of aromatic nitrogens is 2. The number of rotatable bonds is 7. The third kappa shape index (κ3) is 5.35. The molecule has 0 N–H and O–H groups in total. The van der Waals surface area contributed by atoms with Gasteiger partial charge in [0.1, 0.15) is 17.3 Å². The van der Waals surface area contributed by atoms with Crippen molar-refractivity contribution in [2.75, 3.05) is 19.1 Å². The molecule has 50 heavy (non-hydrogen) atoms. The van der Waals surface area contributed by atoms with Crippen LogP contribution in [0.4, 0.5) is 30.2 Å². The fraction of sp³-hybridized carbons (Fsp3) is 0.0714. The molecule has 1 heterocycles. The second kappa shape index (κ2) is 12.3. The van der Waals surface area contributed by atoms with Crippen LogP contribution in [0.1, 0.15) is 5.56 Å². The van der Waals surface area contributed by atoms with E-state index >= 15 is 0 Å². The van der Waals surface area contributed by atoms with Crippen molar-refractivity contribution in [1.82, 2.24) is 9.55 Å². The first-order chi connectivity index (χ1) is 24.3. The second-order valence-corrected chi connectivity index (χ2v) is 11.9. The normalized spacial score (nSPS) is 11.7. The van der Waals surface area contributed by atoms with Gasteiger partial charge in [-0.1, -0.05) is 48.5 Å². The number of anilines is 3. The van der Waals surface area contributed by atoms with Gasteiger partial charge in [0.15, 0.2) is 0 Å². The lowest BCUT2D eigenvalue weighted by Crippen LogP contribution is -2.10. The highest BCUT2D eigenvalue weighted by Crippen LogP contribution is 2.41. The van der Waals surface area contributed by atoms with E-state index in [-0.39, 0.29) is 0 Å². The lowest BCUT2D eigenvalue weighted by atomic mass is 10.00. The maximum absolute atomic E-state index is 13.6. The third-order valence-electron chi connectivity index (χ3n) is 9.03. The molecule has 0 aliphatic carbocycles. The van der Waals surface area contributed by atoms with Crippen LogP contribution in [0, 0.1) is 0 Å². The Balaban J connectivity index is 1.33. The molecule has 0 atom stereocenters. The number of hydrogen-bond acceptors (Lipinski definition) is 4. The number of alkyl halides is 3. The summed E-state index contributed by atoms with van der Waals surface area (Å²) in [6, 6.07) is 45.2. The van der Waals surface area contributed by atoms with Crippen LogP contribution in [0.3, 0.4) is 0 Å². The molecule has 8 aromatic rings. The zero-order chi connectivity index (χ0) is 34.4. The molecule has 8 rings (SSSR count). The molecule has 0 amide bonds. The third-order valence-corrected chi connectivity index (χ3v) is 9.03. The lowest BCUT2D eigenvalue weighted by molar-refractivity contribution is -0.137. The first-order valence-electron chi connectivity index (χ1n) is 16.0. The molecule has 0 unspecified atom stereocenters. The van der Waals surface area contributed by atoms with Crippen LogP contribution in [0.5, 0.6) is 11.5 Å². The predicted molar refractivity (Wildman–Crippen MR) is 194 cm³/mol. The lowest BCUT2D eigenvalue weighted by Gasteiger charge is -2.26. The molecule has 0 aliphatic heterocycles. The van der Waals surface area contributed by atoms with E-state index in [0.29, 0.717) is 11.5 Å². The molecule has 246 valence electrons. The summed E-state index contributed by atoms with van der Waals surface area (Å²) < 4.78 is 53.7. The molecule has 0 aliphatic rings. The standard InChI is InChI=1S/C42H30F3N3O2/c1-49-33-23-19-30(20-24-33)47(31-21-25-34(50-2)26-22-31)29-15-11-27(12-16-29)41-46-39-37-9-5-3-7-35(37)36-8-4-6-10-38(36)40(39)48(41)32-17-13-28(14-18-32)42(43,44)45/h3-26H,1-2H3. The minimum atomic E-state index is -4.45. The molecular weight excluding hydrogens is 635 g/mol. The summed E-state index contributed by atoms with van der Waals surface area (Å²) in [7, 11) is 3.27. The minimum Gasteiger partial charge on any atom is -0.497 e. The summed E-state index contributed by atoms with van der Waals surface area (Å²) in [5.74, 6) is 2.12. The summed E-state index contributed by atoms with van der Waals surface area (Å²) in [5.41, 5.74) is 5.05. The Labute approximate surface area is 286 Å². The number of nitrogens with zero attached hydrogens (tertiary/aromatic N) is 3. The Morgan fingerprint density at radius 2 is 1.00 bits per heavy atom. The van der Waals surface area contributed by atoms with Crippen molar-refractivity contribution in [3.63, 3.8) is 0 Å². The molecule has 7 aromatic carbocycles. The van der Waals surface area contributed by atoms with Crippen molar-refractivity contribution in [2.45, 2.75) is 6.18 Å². The van der Waals surface area contributed by atoms with Gasteiger partial charge in [-0.25, -0.2) is 4.98 Å². The van der Waals surface area contributed by atoms with E-state index in [1.807, 2.05) is 114 Å². The quantitative estimate of drug-likeness (QED) is 0.159. The van der Waals surface area contributed by atoms with Gasteiger partial charge in [-0.3, -0.25) is 4.57 Å². The molecular formula is C42H30F3N3O2. The molecule has 0 saturated heterocycles. The summed E-state index contributed by atoms with van der Waals surface area (Å²) in [5, 5.41) is 4.03. The number of fused-ring (bicyclic) bond motifs is 6. The van der Waals surface area contributed by atoms with Gasteiger partial charge < -0.3 is 14.4 Å². The van der Waals surface area contributed by atoms with Gasteiger partial charge >= 0.3 is 6.18 Å². The average Bonchev–Trinajstić information content (AvgIpc) is 3.57. The molecule has 0 spiro atoms. The molecule has 0 bridgehead atoms. The first-order valence-corrected chi connectivity index (χ1v) is 16.0. The van der Waals surface area contributed by atoms with Crippen LogP contribution < -0.4 is 14.4 Å². The van der Waals surface area contributed by atoms with Crippen molar-refractivity contribution in [3.8, 4) is 28.6 Å². The van der Waals surface area contributed by atoms with E-state index in [1.54, 1.807) is 14.2 Å². The van der Waals surface area contributed by atoms with Crippen molar-refractivity contribution in [2.24, 2.45) is 0 Å². The molecule has 0 saturated carbocycles. The van der Waals surface area contributed by atoms with Crippen molar-refractivity contribution < 1.29 is 22.6 Å². The van der Waals surface area contributed by atoms with Crippen LogP contribution >= 0.6 is 0 Å². The van der Waals surface area contributed by atoms with Crippen molar-refractivity contribution in [3.05, 3.63) is 151 Å². The Morgan fingerprint density at radius 3 is 1.50 bits per heavy atom. The molecule has 0 fully saturated rings. The Hall–Kier alpha value is -6.28. The topological polar surface area (TPSA) is 39.5 Å². The molecule has 0 radical (unpaired) electrons. The number of imidazole rings is 1. The fourth-order valence-corrected chi connectivity index (χ4v) is 6.62. The van der Waals surface area contributed by atoms with Crippen LogP contribution in [-0.2, 0) is 6.18 Å². The zero-order valence-electron chi connectivity index (χ0n) is 27.1. The fourth-order valence-electron chi connectivity index (χ4n) is 6.62. The zero-order valence-corrected chi connectivity index (χ0v) is 27.1. The van der Waals surface area contributed by atoms with Crippen LogP contribution in [0.2, 0.25) is 0 Å².